The van der Waals surface area contributed by atoms with Crippen LogP contribution in [0.15, 0.2) is 0 Å². The lowest BCUT2D eigenvalue weighted by molar-refractivity contribution is -0.172. The number of rotatable bonds is 2. The highest BCUT2D eigenvalue weighted by molar-refractivity contribution is 4.91. The third kappa shape index (κ3) is 2.37. The number of hydrogen-bond donors (Lipinski definition) is 1. The summed E-state index contributed by atoms with van der Waals surface area (Å²) in [7, 11) is 0. The van der Waals surface area contributed by atoms with E-state index in [4.69, 9.17) is 5.73 Å². The summed E-state index contributed by atoms with van der Waals surface area (Å²) in [4.78, 5) is 0. The Morgan fingerprint density at radius 2 is 1.92 bits per heavy atom. The van der Waals surface area contributed by atoms with Crippen molar-refractivity contribution >= 4 is 0 Å². The molecule has 4 heteroatoms. The Balaban J connectivity index is 2.35. The predicted molar refractivity (Wildman–Crippen MR) is 40.6 cm³/mol. The Morgan fingerprint density at radius 3 is 2.25 bits per heavy atom. The molecule has 0 spiro atoms. The summed E-state index contributed by atoms with van der Waals surface area (Å²) >= 11 is 0. The van der Waals surface area contributed by atoms with E-state index in [-0.39, 0.29) is 0 Å². The summed E-state index contributed by atoms with van der Waals surface area (Å²) in [6.45, 7) is 2.21. The van der Waals surface area contributed by atoms with Crippen molar-refractivity contribution in [2.24, 2.45) is 17.1 Å². The second-order valence-electron chi connectivity index (χ2n) is 4.11. The normalized spacial score (nSPS) is 36.2. The van der Waals surface area contributed by atoms with E-state index in [0.717, 1.165) is 0 Å². The molecule has 0 atom stereocenters. The molecule has 1 saturated carbocycles. The monoisotopic (exact) mass is 181 g/mol. The van der Waals surface area contributed by atoms with Crippen LogP contribution in [-0.4, -0.2) is 12.7 Å². The zero-order chi connectivity index (χ0) is 9.41. The third-order valence-corrected chi connectivity index (χ3v) is 2.52. The molecule has 1 fully saturated rings. The lowest BCUT2D eigenvalue weighted by Gasteiger charge is -2.45. The summed E-state index contributed by atoms with van der Waals surface area (Å²) in [5.74, 6) is 0.317. The van der Waals surface area contributed by atoms with Crippen molar-refractivity contribution in [2.75, 3.05) is 6.54 Å². The van der Waals surface area contributed by atoms with Gasteiger partial charge in [-0.05, 0) is 30.7 Å². The zero-order valence-corrected chi connectivity index (χ0v) is 7.12. The summed E-state index contributed by atoms with van der Waals surface area (Å²) in [6, 6.07) is 0. The highest BCUT2D eigenvalue weighted by Gasteiger charge is 2.46. The Labute approximate surface area is 70.1 Å². The molecule has 72 valence electrons. The molecule has 0 bridgehead atoms. The molecule has 0 aromatic carbocycles. The van der Waals surface area contributed by atoms with Crippen LogP contribution in [0.25, 0.3) is 0 Å². The highest BCUT2D eigenvalue weighted by Crippen LogP contribution is 2.50. The maximum Gasteiger partial charge on any atom is 0.389 e. The molecule has 0 amide bonds. The third-order valence-electron chi connectivity index (χ3n) is 2.52. The minimum atomic E-state index is -4.02. The van der Waals surface area contributed by atoms with Crippen LogP contribution in [0.5, 0.6) is 0 Å². The standard InChI is InChI=1S/C8H14F3N/c1-7(5-8(9,10)11)2-6(3-7)4-12/h6H,2-5,12H2,1H3. The minimum Gasteiger partial charge on any atom is -0.330 e. The summed E-state index contributed by atoms with van der Waals surface area (Å²) in [6.07, 6.45) is -3.42. The zero-order valence-electron chi connectivity index (χ0n) is 7.12. The average molecular weight is 181 g/mol. The first kappa shape index (κ1) is 9.84. The Morgan fingerprint density at radius 1 is 1.42 bits per heavy atom. The van der Waals surface area contributed by atoms with Crippen LogP contribution in [0.2, 0.25) is 0 Å². The maximum atomic E-state index is 12.0. The second-order valence-corrected chi connectivity index (χ2v) is 4.11. The molecule has 0 radical (unpaired) electrons. The molecule has 0 saturated heterocycles. The lowest BCUT2D eigenvalue weighted by Crippen LogP contribution is -2.41. The fourth-order valence-electron chi connectivity index (χ4n) is 2.13. The Hall–Kier alpha value is -0.250. The minimum absolute atomic E-state index is 0.317. The maximum absolute atomic E-state index is 12.0. The van der Waals surface area contributed by atoms with E-state index < -0.39 is 18.0 Å². The van der Waals surface area contributed by atoms with Crippen LogP contribution in [0.3, 0.4) is 0 Å². The molecule has 1 aliphatic rings. The van der Waals surface area contributed by atoms with Gasteiger partial charge in [-0.15, -0.1) is 0 Å². The van der Waals surface area contributed by atoms with E-state index in [1.54, 1.807) is 6.92 Å². The molecule has 2 N–H and O–H groups in total. The average Bonchev–Trinajstić information content (AvgIpc) is 1.78. The van der Waals surface area contributed by atoms with Crippen LogP contribution in [-0.2, 0) is 0 Å². The number of nitrogens with two attached hydrogens (primary N) is 1. The molecule has 0 heterocycles. The fraction of sp³-hybridized carbons (Fsp3) is 1.00. The van der Waals surface area contributed by atoms with E-state index in [2.05, 4.69) is 0 Å². The van der Waals surface area contributed by atoms with Gasteiger partial charge < -0.3 is 5.73 Å². The Bertz CT molecular complexity index is 158. The van der Waals surface area contributed by atoms with Crippen molar-refractivity contribution in [1.29, 1.82) is 0 Å². The molecule has 0 unspecified atom stereocenters. The van der Waals surface area contributed by atoms with Crippen molar-refractivity contribution in [3.8, 4) is 0 Å². The molecule has 12 heavy (non-hydrogen) atoms. The molecule has 0 aromatic rings. The van der Waals surface area contributed by atoms with Crippen LogP contribution in [0.1, 0.15) is 26.2 Å². The summed E-state index contributed by atoms with van der Waals surface area (Å²) < 4.78 is 35.9. The SMILES string of the molecule is CC1(CC(F)(F)F)CC(CN)C1. The molecule has 1 aliphatic carbocycles. The molecular weight excluding hydrogens is 167 g/mol. The van der Waals surface area contributed by atoms with Crippen LogP contribution < -0.4 is 5.73 Å². The van der Waals surface area contributed by atoms with Crippen LogP contribution >= 0.6 is 0 Å². The number of halogens is 3. The molecule has 1 rings (SSSR count). The van der Waals surface area contributed by atoms with E-state index in [0.29, 0.717) is 25.3 Å². The van der Waals surface area contributed by atoms with Crippen LogP contribution in [0.4, 0.5) is 13.2 Å². The summed E-state index contributed by atoms with van der Waals surface area (Å²) in [5.41, 5.74) is 4.81. The van der Waals surface area contributed by atoms with Gasteiger partial charge in [-0.3, -0.25) is 0 Å². The van der Waals surface area contributed by atoms with Gasteiger partial charge in [0.05, 0.1) is 0 Å². The van der Waals surface area contributed by atoms with Gasteiger partial charge in [0.2, 0.25) is 0 Å². The summed E-state index contributed by atoms with van der Waals surface area (Å²) in [5, 5.41) is 0. The fourth-order valence-corrected chi connectivity index (χ4v) is 2.13. The van der Waals surface area contributed by atoms with Crippen molar-refractivity contribution in [2.45, 2.75) is 32.4 Å². The van der Waals surface area contributed by atoms with Gasteiger partial charge in [-0.1, -0.05) is 6.92 Å². The van der Waals surface area contributed by atoms with Crippen molar-refractivity contribution in [3.05, 3.63) is 0 Å². The molecule has 0 aliphatic heterocycles. The van der Waals surface area contributed by atoms with E-state index in [1.807, 2.05) is 0 Å². The van der Waals surface area contributed by atoms with E-state index >= 15 is 0 Å². The lowest BCUT2D eigenvalue weighted by atomic mass is 9.61. The van der Waals surface area contributed by atoms with Crippen molar-refractivity contribution < 1.29 is 13.2 Å². The van der Waals surface area contributed by atoms with E-state index in [9.17, 15) is 13.2 Å². The van der Waals surface area contributed by atoms with Gasteiger partial charge in [0, 0.05) is 6.42 Å². The quantitative estimate of drug-likeness (QED) is 0.695. The van der Waals surface area contributed by atoms with Crippen molar-refractivity contribution in [1.82, 2.24) is 0 Å². The first-order chi connectivity index (χ1) is 5.35. The highest BCUT2D eigenvalue weighted by atomic mass is 19.4. The van der Waals surface area contributed by atoms with Crippen LogP contribution in [0, 0.1) is 11.3 Å². The van der Waals surface area contributed by atoms with Gasteiger partial charge in [-0.2, -0.15) is 13.2 Å². The van der Waals surface area contributed by atoms with Gasteiger partial charge >= 0.3 is 6.18 Å². The number of hydrogen-bond acceptors (Lipinski definition) is 1. The smallest absolute Gasteiger partial charge is 0.330 e. The largest absolute Gasteiger partial charge is 0.389 e. The first-order valence-electron chi connectivity index (χ1n) is 4.11. The molecule has 0 aromatic heterocycles. The molecular formula is C8H14F3N. The van der Waals surface area contributed by atoms with Gasteiger partial charge in [0.15, 0.2) is 0 Å². The van der Waals surface area contributed by atoms with Crippen molar-refractivity contribution in [3.63, 3.8) is 0 Å². The topological polar surface area (TPSA) is 26.0 Å². The van der Waals surface area contributed by atoms with E-state index in [1.165, 1.54) is 0 Å². The predicted octanol–water partition coefficient (Wildman–Crippen LogP) is 2.31. The van der Waals surface area contributed by atoms with Gasteiger partial charge in [0.1, 0.15) is 0 Å². The van der Waals surface area contributed by atoms with Gasteiger partial charge in [-0.25, -0.2) is 0 Å². The second kappa shape index (κ2) is 2.91. The Kier molecular flexibility index (Phi) is 2.38. The molecule has 1 nitrogen and oxygen atoms in total. The van der Waals surface area contributed by atoms with Gasteiger partial charge in [0.25, 0.3) is 0 Å². The number of alkyl halides is 3. The first-order valence-corrected chi connectivity index (χ1v) is 4.11.